The van der Waals surface area contributed by atoms with Gasteiger partial charge in [-0.3, -0.25) is 4.79 Å². The van der Waals surface area contributed by atoms with Crippen LogP contribution in [0.4, 0.5) is 0 Å². The third-order valence-electron chi connectivity index (χ3n) is 16.4. The van der Waals surface area contributed by atoms with Crippen LogP contribution in [0.25, 0.3) is 0 Å². The molecule has 0 radical (unpaired) electrons. The minimum absolute atomic E-state index is 0.0696. The Morgan fingerprint density at radius 1 is 0.307 bits per heavy atom. The molecular weight excluding hydrogens is 915 g/mol. The molecule has 1 amide bonds. The van der Waals surface area contributed by atoms with Gasteiger partial charge in [-0.05, 0) is 44.9 Å². The highest BCUT2D eigenvalue weighted by atomic mass is 16.3. The van der Waals surface area contributed by atoms with E-state index in [1.807, 2.05) is 6.08 Å². The molecule has 3 N–H and O–H groups in total. The van der Waals surface area contributed by atoms with Crippen molar-refractivity contribution < 1.29 is 15.0 Å². The number of nitrogens with one attached hydrogen (secondary N) is 1. The van der Waals surface area contributed by atoms with Crippen molar-refractivity contribution in [2.75, 3.05) is 6.61 Å². The van der Waals surface area contributed by atoms with Crippen LogP contribution in [0.15, 0.2) is 36.5 Å². The van der Waals surface area contributed by atoms with Crippen LogP contribution in [-0.4, -0.2) is 34.9 Å². The van der Waals surface area contributed by atoms with Crippen LogP contribution in [0, 0.1) is 0 Å². The van der Waals surface area contributed by atoms with Gasteiger partial charge in [-0.1, -0.05) is 378 Å². The lowest BCUT2D eigenvalue weighted by Gasteiger charge is -2.19. The number of hydrogen-bond donors (Lipinski definition) is 3. The molecule has 0 aliphatic heterocycles. The number of amides is 1. The fourth-order valence-electron chi connectivity index (χ4n) is 11.1. The molecule has 75 heavy (non-hydrogen) atoms. The number of rotatable bonds is 65. The molecule has 2 atom stereocenters. The quantitative estimate of drug-likeness (QED) is 0.0420. The average Bonchev–Trinajstić information content (AvgIpc) is 3.41. The van der Waals surface area contributed by atoms with Crippen molar-refractivity contribution in [2.45, 2.75) is 405 Å². The highest BCUT2D eigenvalue weighted by Crippen LogP contribution is 2.19. The van der Waals surface area contributed by atoms with Gasteiger partial charge in [-0.15, -0.1) is 0 Å². The number of allylic oxidation sites excluding steroid dienone is 5. The smallest absolute Gasteiger partial charge is 0.220 e. The summed E-state index contributed by atoms with van der Waals surface area (Å²) >= 11 is 0. The molecule has 0 aliphatic carbocycles. The van der Waals surface area contributed by atoms with Crippen molar-refractivity contribution in [2.24, 2.45) is 0 Å². The Hall–Kier alpha value is -1.39. The minimum Gasteiger partial charge on any atom is -0.394 e. The van der Waals surface area contributed by atoms with E-state index in [1.54, 1.807) is 6.08 Å². The van der Waals surface area contributed by atoms with E-state index in [0.717, 1.165) is 38.5 Å². The molecule has 0 aliphatic rings. The maximum Gasteiger partial charge on any atom is 0.220 e. The summed E-state index contributed by atoms with van der Waals surface area (Å²) in [4.78, 5) is 12.5. The largest absolute Gasteiger partial charge is 0.394 e. The number of unbranched alkanes of at least 4 members (excludes halogenated alkanes) is 54. The van der Waals surface area contributed by atoms with Gasteiger partial charge < -0.3 is 15.5 Å². The maximum atomic E-state index is 12.5. The van der Waals surface area contributed by atoms with Crippen molar-refractivity contribution in [3.05, 3.63) is 36.5 Å². The molecule has 2 unspecified atom stereocenters. The predicted octanol–water partition coefficient (Wildman–Crippen LogP) is 23.5. The number of carbonyl (C=O) groups is 1. The summed E-state index contributed by atoms with van der Waals surface area (Å²) < 4.78 is 0. The summed E-state index contributed by atoms with van der Waals surface area (Å²) in [5.41, 5.74) is 0. The van der Waals surface area contributed by atoms with Crippen molar-refractivity contribution in [3.8, 4) is 0 Å². The molecule has 0 fully saturated rings. The first-order valence-electron chi connectivity index (χ1n) is 34.7. The second-order valence-corrected chi connectivity index (χ2v) is 23.9. The molecule has 0 bridgehead atoms. The summed E-state index contributed by atoms with van der Waals surface area (Å²) in [7, 11) is 0. The van der Waals surface area contributed by atoms with Crippen LogP contribution in [0.1, 0.15) is 393 Å². The van der Waals surface area contributed by atoms with E-state index in [2.05, 4.69) is 43.5 Å². The molecule has 0 aromatic rings. The summed E-state index contributed by atoms with van der Waals surface area (Å²) in [5.74, 6) is -0.0696. The van der Waals surface area contributed by atoms with Crippen molar-refractivity contribution in [1.82, 2.24) is 5.32 Å². The van der Waals surface area contributed by atoms with E-state index in [0.29, 0.717) is 6.42 Å². The topological polar surface area (TPSA) is 69.6 Å². The van der Waals surface area contributed by atoms with Gasteiger partial charge in [-0.2, -0.15) is 0 Å². The van der Waals surface area contributed by atoms with Gasteiger partial charge in [0.15, 0.2) is 0 Å². The second kappa shape index (κ2) is 66.9. The van der Waals surface area contributed by atoms with E-state index in [9.17, 15) is 15.0 Å². The van der Waals surface area contributed by atoms with E-state index >= 15 is 0 Å². The third kappa shape index (κ3) is 63.3. The Balaban J connectivity index is 3.44. The average molecular weight is 1050 g/mol. The zero-order valence-electron chi connectivity index (χ0n) is 51.3. The summed E-state index contributed by atoms with van der Waals surface area (Å²) in [6.07, 6.45) is 92.4. The summed E-state index contributed by atoms with van der Waals surface area (Å²) in [5, 5.41) is 23.2. The normalized spacial score (nSPS) is 12.9. The number of aliphatic hydroxyl groups excluding tert-OH is 2. The highest BCUT2D eigenvalue weighted by molar-refractivity contribution is 5.76. The van der Waals surface area contributed by atoms with Gasteiger partial charge in [0.1, 0.15) is 0 Å². The van der Waals surface area contributed by atoms with Crippen LogP contribution in [0.5, 0.6) is 0 Å². The number of carbonyl (C=O) groups excluding carboxylic acids is 1. The van der Waals surface area contributed by atoms with Gasteiger partial charge >= 0.3 is 0 Å². The Labute approximate surface area is 472 Å². The molecule has 0 aromatic heterocycles. The lowest BCUT2D eigenvalue weighted by atomic mass is 10.0. The van der Waals surface area contributed by atoms with Gasteiger partial charge in [0, 0.05) is 6.42 Å². The van der Waals surface area contributed by atoms with E-state index in [-0.39, 0.29) is 12.5 Å². The minimum atomic E-state index is -0.870. The Morgan fingerprint density at radius 3 is 0.773 bits per heavy atom. The van der Waals surface area contributed by atoms with Crippen LogP contribution in [-0.2, 0) is 4.79 Å². The third-order valence-corrected chi connectivity index (χ3v) is 16.4. The standard InChI is InChI=1S/C71H137NO3/c1-3-5-7-9-11-13-15-17-19-21-23-25-27-29-31-32-33-34-35-36-37-38-39-41-43-45-47-49-51-53-55-57-59-61-63-65-67-71(75)72-69(68-73)70(74)66-64-62-60-58-56-54-52-50-48-46-44-42-40-30-28-26-24-22-20-18-16-14-12-10-8-6-4-2/h48,50,56,58,64,66,69-70,73-74H,3-47,49,51-55,57,59-63,65,67-68H2,1-2H3,(H,72,75)/b50-48+,58-56+,66-64+. The molecule has 0 rings (SSSR count). The highest BCUT2D eigenvalue weighted by Gasteiger charge is 2.18. The van der Waals surface area contributed by atoms with Crippen molar-refractivity contribution >= 4 is 5.91 Å². The number of hydrogen-bond acceptors (Lipinski definition) is 3. The maximum absolute atomic E-state index is 12.5. The van der Waals surface area contributed by atoms with Gasteiger partial charge in [0.2, 0.25) is 5.91 Å². The first-order chi connectivity index (χ1) is 37.2. The van der Waals surface area contributed by atoms with Gasteiger partial charge in [0.05, 0.1) is 18.8 Å². The molecule has 0 spiro atoms. The van der Waals surface area contributed by atoms with Gasteiger partial charge in [-0.25, -0.2) is 0 Å². The SMILES string of the molecule is CCCCCCCCCCCCCCCCCCC/C=C/CC/C=C/CC/C=C/C(O)C(CO)NC(=O)CCCCCCCCCCCCCCCCCCCCCCCCCCCCCCCCCCCCCC. The van der Waals surface area contributed by atoms with E-state index < -0.39 is 12.1 Å². The Morgan fingerprint density at radius 2 is 0.520 bits per heavy atom. The van der Waals surface area contributed by atoms with Crippen LogP contribution in [0.2, 0.25) is 0 Å². The molecule has 0 saturated heterocycles. The predicted molar refractivity (Wildman–Crippen MR) is 336 cm³/mol. The Kier molecular flexibility index (Phi) is 65.6. The molecule has 0 heterocycles. The zero-order valence-corrected chi connectivity index (χ0v) is 51.3. The molecule has 0 aromatic carbocycles. The zero-order chi connectivity index (χ0) is 54.1. The summed E-state index contributed by atoms with van der Waals surface area (Å²) in [6, 6.07) is -0.645. The second-order valence-electron chi connectivity index (χ2n) is 23.9. The van der Waals surface area contributed by atoms with Gasteiger partial charge in [0.25, 0.3) is 0 Å². The number of aliphatic hydroxyl groups is 2. The van der Waals surface area contributed by atoms with E-state index in [4.69, 9.17) is 0 Å². The lowest BCUT2D eigenvalue weighted by molar-refractivity contribution is -0.123. The molecular formula is C71H137NO3. The molecule has 0 saturated carbocycles. The Bertz CT molecular complexity index is 1150. The molecule has 4 nitrogen and oxygen atoms in total. The fraction of sp³-hybridized carbons (Fsp3) is 0.901. The first kappa shape index (κ1) is 73.6. The van der Waals surface area contributed by atoms with Crippen molar-refractivity contribution in [1.29, 1.82) is 0 Å². The van der Waals surface area contributed by atoms with E-state index in [1.165, 1.54) is 334 Å². The first-order valence-corrected chi connectivity index (χ1v) is 34.7. The molecule has 444 valence electrons. The fourth-order valence-corrected chi connectivity index (χ4v) is 11.1. The molecule has 4 heteroatoms. The van der Waals surface area contributed by atoms with Crippen LogP contribution in [0.3, 0.4) is 0 Å². The lowest BCUT2D eigenvalue weighted by Crippen LogP contribution is -2.45. The van der Waals surface area contributed by atoms with Crippen molar-refractivity contribution in [3.63, 3.8) is 0 Å². The van der Waals surface area contributed by atoms with Crippen LogP contribution < -0.4 is 5.32 Å². The summed E-state index contributed by atoms with van der Waals surface area (Å²) in [6.45, 7) is 4.34. The monoisotopic (exact) mass is 1050 g/mol. The van der Waals surface area contributed by atoms with Crippen LogP contribution >= 0.6 is 0 Å².